The Labute approximate surface area is 103 Å². The molecule has 0 bridgehead atoms. The van der Waals surface area contributed by atoms with Crippen LogP contribution in [0, 0.1) is 0 Å². The molecule has 2 rings (SSSR count). The molecule has 2 nitrogen and oxygen atoms in total. The van der Waals surface area contributed by atoms with Crippen molar-refractivity contribution in [3.8, 4) is 0 Å². The lowest BCUT2D eigenvalue weighted by molar-refractivity contribution is 0.0693. The fraction of sp³-hybridized carbons (Fsp3) is 0.364. The van der Waals surface area contributed by atoms with E-state index in [0.717, 1.165) is 41.3 Å². The minimum Gasteiger partial charge on any atom is -0.378 e. The van der Waals surface area contributed by atoms with Crippen molar-refractivity contribution < 1.29 is 4.74 Å². The van der Waals surface area contributed by atoms with E-state index in [-0.39, 0.29) is 0 Å². The second-order valence-electron chi connectivity index (χ2n) is 3.41. The van der Waals surface area contributed by atoms with Crippen LogP contribution < -0.4 is 0 Å². The van der Waals surface area contributed by atoms with Crippen LogP contribution in [-0.4, -0.2) is 36.2 Å². The van der Waals surface area contributed by atoms with Crippen LogP contribution in [0.4, 0.5) is 0 Å². The summed E-state index contributed by atoms with van der Waals surface area (Å²) in [5, 5.41) is 0. The van der Waals surface area contributed by atoms with E-state index in [1.165, 1.54) is 0 Å². The topological polar surface area (TPSA) is 12.5 Å². The molecule has 0 aliphatic carbocycles. The summed E-state index contributed by atoms with van der Waals surface area (Å²) in [4.78, 5) is 3.11. The predicted octanol–water partition coefficient (Wildman–Crippen LogP) is 2.46. The summed E-state index contributed by atoms with van der Waals surface area (Å²) >= 11 is 8.90. The number of hydrogen-bond donors (Lipinski definition) is 0. The molecule has 1 saturated heterocycles. The fourth-order valence-corrected chi connectivity index (χ4v) is 2.28. The largest absolute Gasteiger partial charge is 0.378 e. The Morgan fingerprint density at radius 3 is 2.73 bits per heavy atom. The maximum absolute atomic E-state index is 5.45. The maximum atomic E-state index is 5.45. The Bertz CT molecular complexity index is 363. The highest BCUT2D eigenvalue weighted by atomic mass is 79.9. The molecule has 0 amide bonds. The summed E-state index contributed by atoms with van der Waals surface area (Å²) in [7, 11) is 0. The number of hydrogen-bond acceptors (Lipinski definition) is 2. The quantitative estimate of drug-likeness (QED) is 0.736. The fourth-order valence-electron chi connectivity index (χ4n) is 1.57. The molecule has 1 aliphatic rings. The predicted molar refractivity (Wildman–Crippen MR) is 68.2 cm³/mol. The number of thiocarbonyl (C=S) groups is 1. The highest BCUT2D eigenvalue weighted by Crippen LogP contribution is 2.14. The van der Waals surface area contributed by atoms with Crippen LogP contribution >= 0.6 is 28.1 Å². The van der Waals surface area contributed by atoms with Gasteiger partial charge in [0.2, 0.25) is 0 Å². The molecule has 1 heterocycles. The minimum absolute atomic E-state index is 0.772. The zero-order chi connectivity index (χ0) is 10.7. The van der Waals surface area contributed by atoms with Gasteiger partial charge in [0.15, 0.2) is 0 Å². The van der Waals surface area contributed by atoms with E-state index < -0.39 is 0 Å². The number of benzene rings is 1. The summed E-state index contributed by atoms with van der Waals surface area (Å²) in [5.41, 5.74) is 1.10. The molecule has 4 heteroatoms. The van der Waals surface area contributed by atoms with E-state index in [4.69, 9.17) is 17.0 Å². The molecular formula is C11H12BrNOS. The van der Waals surface area contributed by atoms with Crippen molar-refractivity contribution in [3.63, 3.8) is 0 Å². The van der Waals surface area contributed by atoms with E-state index in [9.17, 15) is 0 Å². The molecular weight excluding hydrogens is 274 g/mol. The Hall–Kier alpha value is -0.450. The SMILES string of the molecule is S=C(c1cccc(Br)c1)N1CCOCC1. The molecule has 0 spiro atoms. The van der Waals surface area contributed by atoms with Gasteiger partial charge in [0.1, 0.15) is 4.99 Å². The Morgan fingerprint density at radius 2 is 2.07 bits per heavy atom. The van der Waals surface area contributed by atoms with Crippen molar-refractivity contribution in [1.82, 2.24) is 4.90 Å². The summed E-state index contributed by atoms with van der Waals surface area (Å²) in [6, 6.07) is 8.11. The standard InChI is InChI=1S/C11H12BrNOS/c12-10-3-1-2-9(8-10)11(15)13-4-6-14-7-5-13/h1-3,8H,4-7H2. The van der Waals surface area contributed by atoms with Gasteiger partial charge in [-0.2, -0.15) is 0 Å². The highest BCUT2D eigenvalue weighted by molar-refractivity contribution is 9.10. The van der Waals surface area contributed by atoms with Crippen molar-refractivity contribution in [1.29, 1.82) is 0 Å². The molecule has 0 saturated carbocycles. The summed E-state index contributed by atoms with van der Waals surface area (Å²) in [5.74, 6) is 0. The van der Waals surface area contributed by atoms with Gasteiger partial charge in [0, 0.05) is 23.1 Å². The molecule has 0 aromatic heterocycles. The smallest absolute Gasteiger partial charge is 0.109 e. The first kappa shape index (κ1) is 11.0. The number of ether oxygens (including phenoxy) is 1. The lowest BCUT2D eigenvalue weighted by Crippen LogP contribution is -2.40. The van der Waals surface area contributed by atoms with Crippen molar-refractivity contribution in [2.24, 2.45) is 0 Å². The van der Waals surface area contributed by atoms with Crippen LogP contribution in [0.5, 0.6) is 0 Å². The van der Waals surface area contributed by atoms with E-state index in [1.807, 2.05) is 18.2 Å². The molecule has 1 aliphatic heterocycles. The van der Waals surface area contributed by atoms with Gasteiger partial charge in [-0.25, -0.2) is 0 Å². The lowest BCUT2D eigenvalue weighted by atomic mass is 10.2. The van der Waals surface area contributed by atoms with Gasteiger partial charge in [-0.1, -0.05) is 40.3 Å². The third kappa shape index (κ3) is 2.77. The molecule has 1 fully saturated rings. The summed E-state index contributed by atoms with van der Waals surface area (Å²) in [6.07, 6.45) is 0. The zero-order valence-corrected chi connectivity index (χ0v) is 10.7. The molecule has 0 radical (unpaired) electrons. The van der Waals surface area contributed by atoms with Crippen molar-refractivity contribution in [2.45, 2.75) is 0 Å². The minimum atomic E-state index is 0.772. The van der Waals surface area contributed by atoms with E-state index in [0.29, 0.717) is 0 Å². The molecule has 1 aromatic carbocycles. The van der Waals surface area contributed by atoms with Crippen LogP contribution in [-0.2, 0) is 4.74 Å². The van der Waals surface area contributed by atoms with Gasteiger partial charge < -0.3 is 9.64 Å². The molecule has 0 N–H and O–H groups in total. The number of morpholine rings is 1. The first-order valence-corrected chi connectivity index (χ1v) is 6.10. The van der Waals surface area contributed by atoms with Crippen molar-refractivity contribution in [2.75, 3.05) is 26.3 Å². The molecule has 1 aromatic rings. The van der Waals surface area contributed by atoms with Crippen LogP contribution in [0.1, 0.15) is 5.56 Å². The Morgan fingerprint density at radius 1 is 1.33 bits per heavy atom. The van der Waals surface area contributed by atoms with Gasteiger partial charge >= 0.3 is 0 Å². The zero-order valence-electron chi connectivity index (χ0n) is 8.28. The van der Waals surface area contributed by atoms with E-state index in [1.54, 1.807) is 0 Å². The third-order valence-corrected chi connectivity index (χ3v) is 3.36. The monoisotopic (exact) mass is 285 g/mol. The second-order valence-corrected chi connectivity index (χ2v) is 4.72. The van der Waals surface area contributed by atoms with Gasteiger partial charge in [-0.3, -0.25) is 0 Å². The molecule has 0 unspecified atom stereocenters. The van der Waals surface area contributed by atoms with Crippen molar-refractivity contribution >= 4 is 33.1 Å². The Kier molecular flexibility index (Phi) is 3.72. The first-order chi connectivity index (χ1) is 7.27. The number of halogens is 1. The Balaban J connectivity index is 2.12. The molecule has 0 atom stereocenters. The van der Waals surface area contributed by atoms with E-state index >= 15 is 0 Å². The van der Waals surface area contributed by atoms with Crippen LogP contribution in [0.15, 0.2) is 28.7 Å². The third-order valence-electron chi connectivity index (χ3n) is 2.37. The van der Waals surface area contributed by atoms with E-state index in [2.05, 4.69) is 26.9 Å². The molecule has 15 heavy (non-hydrogen) atoms. The van der Waals surface area contributed by atoms with Gasteiger partial charge in [-0.05, 0) is 12.1 Å². The summed E-state index contributed by atoms with van der Waals surface area (Å²) < 4.78 is 6.36. The van der Waals surface area contributed by atoms with Crippen molar-refractivity contribution in [3.05, 3.63) is 34.3 Å². The normalized spacial score (nSPS) is 16.5. The maximum Gasteiger partial charge on any atom is 0.109 e. The number of rotatable bonds is 1. The van der Waals surface area contributed by atoms with Gasteiger partial charge in [-0.15, -0.1) is 0 Å². The van der Waals surface area contributed by atoms with Gasteiger partial charge in [0.05, 0.1) is 13.2 Å². The molecule has 80 valence electrons. The number of nitrogens with zero attached hydrogens (tertiary/aromatic N) is 1. The van der Waals surface area contributed by atoms with Crippen LogP contribution in [0.25, 0.3) is 0 Å². The van der Waals surface area contributed by atoms with Gasteiger partial charge in [0.25, 0.3) is 0 Å². The first-order valence-electron chi connectivity index (χ1n) is 4.90. The average molecular weight is 286 g/mol. The van der Waals surface area contributed by atoms with Crippen LogP contribution in [0.2, 0.25) is 0 Å². The summed E-state index contributed by atoms with van der Waals surface area (Å²) in [6.45, 7) is 3.33. The highest BCUT2D eigenvalue weighted by Gasteiger charge is 2.14. The lowest BCUT2D eigenvalue weighted by Gasteiger charge is -2.29. The average Bonchev–Trinajstić information content (AvgIpc) is 2.29. The second kappa shape index (κ2) is 5.05. The van der Waals surface area contributed by atoms with Crippen LogP contribution in [0.3, 0.4) is 0 Å².